The number of hydrogen-bond donors (Lipinski definition) is 1. The number of nitrogens with one attached hydrogen (secondary N) is 1. The van der Waals surface area contributed by atoms with Crippen molar-refractivity contribution in [1.82, 2.24) is 10.2 Å². The Kier molecular flexibility index (Phi) is 3.19. The molecule has 1 heterocycles. The molecule has 4 heteroatoms. The van der Waals surface area contributed by atoms with Crippen LogP contribution in [0.3, 0.4) is 0 Å². The van der Waals surface area contributed by atoms with E-state index in [0.717, 1.165) is 13.0 Å². The van der Waals surface area contributed by atoms with Crippen LogP contribution in [0.15, 0.2) is 24.3 Å². The maximum atomic E-state index is 13.0. The minimum absolute atomic E-state index is 0.0859. The molecule has 2 rings (SSSR count). The van der Waals surface area contributed by atoms with Crippen molar-refractivity contribution >= 4 is 5.91 Å². The molecule has 0 spiro atoms. The van der Waals surface area contributed by atoms with Crippen LogP contribution in [-0.4, -0.2) is 37.0 Å². The highest BCUT2D eigenvalue weighted by molar-refractivity contribution is 5.94. The van der Waals surface area contributed by atoms with Crippen LogP contribution in [0.2, 0.25) is 0 Å². The highest BCUT2D eigenvalue weighted by atomic mass is 19.1. The van der Waals surface area contributed by atoms with Gasteiger partial charge in [-0.1, -0.05) is 6.07 Å². The van der Waals surface area contributed by atoms with Crippen LogP contribution in [0.5, 0.6) is 0 Å². The zero-order valence-corrected chi connectivity index (χ0v) is 9.24. The Labute approximate surface area is 94.3 Å². The molecule has 1 aliphatic rings. The van der Waals surface area contributed by atoms with Crippen molar-refractivity contribution in [3.8, 4) is 0 Å². The van der Waals surface area contributed by atoms with Gasteiger partial charge in [0.15, 0.2) is 0 Å². The molecule has 3 nitrogen and oxygen atoms in total. The molecule has 0 aliphatic carbocycles. The third-order valence-electron chi connectivity index (χ3n) is 2.96. The quantitative estimate of drug-likeness (QED) is 0.817. The average molecular weight is 222 g/mol. The van der Waals surface area contributed by atoms with Gasteiger partial charge in [-0.2, -0.15) is 0 Å². The van der Waals surface area contributed by atoms with Crippen molar-refractivity contribution in [3.05, 3.63) is 35.6 Å². The van der Waals surface area contributed by atoms with E-state index in [1.807, 2.05) is 7.05 Å². The maximum Gasteiger partial charge on any atom is 0.254 e. The number of likely N-dealkylation sites (tertiary alicyclic amines) is 1. The SMILES string of the molecule is CN[C@@H]1CCN(C(=O)c2cccc(F)c2)C1. The molecule has 1 N–H and O–H groups in total. The Morgan fingerprint density at radius 3 is 3.00 bits per heavy atom. The predicted octanol–water partition coefficient (Wildman–Crippen LogP) is 1.26. The van der Waals surface area contributed by atoms with Gasteiger partial charge < -0.3 is 10.2 Å². The molecular weight excluding hydrogens is 207 g/mol. The van der Waals surface area contributed by atoms with Gasteiger partial charge in [-0.3, -0.25) is 4.79 Å². The topological polar surface area (TPSA) is 32.3 Å². The number of nitrogens with zero attached hydrogens (tertiary/aromatic N) is 1. The third kappa shape index (κ3) is 2.22. The van der Waals surface area contributed by atoms with E-state index in [-0.39, 0.29) is 11.7 Å². The molecule has 1 atom stereocenters. The van der Waals surface area contributed by atoms with Gasteiger partial charge in [-0.25, -0.2) is 4.39 Å². The average Bonchev–Trinajstić information content (AvgIpc) is 2.76. The zero-order chi connectivity index (χ0) is 11.5. The fourth-order valence-corrected chi connectivity index (χ4v) is 1.98. The molecule has 86 valence electrons. The molecule has 1 fully saturated rings. The first kappa shape index (κ1) is 11.1. The van der Waals surface area contributed by atoms with Gasteiger partial charge in [0, 0.05) is 24.7 Å². The summed E-state index contributed by atoms with van der Waals surface area (Å²) in [5, 5.41) is 3.14. The van der Waals surface area contributed by atoms with Gasteiger partial charge >= 0.3 is 0 Å². The second kappa shape index (κ2) is 4.61. The third-order valence-corrected chi connectivity index (χ3v) is 2.96. The highest BCUT2D eigenvalue weighted by Gasteiger charge is 2.25. The van der Waals surface area contributed by atoms with Crippen molar-refractivity contribution in [2.45, 2.75) is 12.5 Å². The predicted molar refractivity (Wildman–Crippen MR) is 59.8 cm³/mol. The largest absolute Gasteiger partial charge is 0.337 e. The van der Waals surface area contributed by atoms with E-state index < -0.39 is 0 Å². The fourth-order valence-electron chi connectivity index (χ4n) is 1.98. The van der Waals surface area contributed by atoms with Crippen LogP contribution in [-0.2, 0) is 0 Å². The Hall–Kier alpha value is -1.42. The lowest BCUT2D eigenvalue weighted by molar-refractivity contribution is 0.0789. The van der Waals surface area contributed by atoms with Gasteiger partial charge in [0.2, 0.25) is 0 Å². The summed E-state index contributed by atoms with van der Waals surface area (Å²) in [6.07, 6.45) is 0.956. The van der Waals surface area contributed by atoms with Crippen molar-refractivity contribution in [1.29, 1.82) is 0 Å². The Morgan fingerprint density at radius 1 is 1.56 bits per heavy atom. The minimum Gasteiger partial charge on any atom is -0.337 e. The standard InChI is InChI=1S/C12H15FN2O/c1-14-11-5-6-15(8-11)12(16)9-3-2-4-10(13)7-9/h2-4,7,11,14H,5-6,8H2,1H3/t11-/m1/s1. The van der Waals surface area contributed by atoms with E-state index in [9.17, 15) is 9.18 Å². The van der Waals surface area contributed by atoms with E-state index in [4.69, 9.17) is 0 Å². The van der Waals surface area contributed by atoms with E-state index in [0.29, 0.717) is 18.2 Å². The summed E-state index contributed by atoms with van der Waals surface area (Å²) in [5.41, 5.74) is 0.428. The summed E-state index contributed by atoms with van der Waals surface area (Å²) in [4.78, 5) is 13.8. The molecule has 1 saturated heterocycles. The molecule has 0 bridgehead atoms. The van der Waals surface area contributed by atoms with Crippen molar-refractivity contribution in [2.24, 2.45) is 0 Å². The van der Waals surface area contributed by atoms with Gasteiger partial charge in [0.05, 0.1) is 0 Å². The lowest BCUT2D eigenvalue weighted by Gasteiger charge is -2.16. The monoisotopic (exact) mass is 222 g/mol. The van der Waals surface area contributed by atoms with E-state index in [1.165, 1.54) is 12.1 Å². The number of rotatable bonds is 2. The molecule has 1 aromatic rings. The summed E-state index contributed by atoms with van der Waals surface area (Å²) in [5.74, 6) is -0.451. The number of benzene rings is 1. The zero-order valence-electron chi connectivity index (χ0n) is 9.24. The summed E-state index contributed by atoms with van der Waals surface area (Å²) in [6, 6.07) is 6.20. The second-order valence-electron chi connectivity index (χ2n) is 4.04. The van der Waals surface area contributed by atoms with Gasteiger partial charge in [0.25, 0.3) is 5.91 Å². The first-order chi connectivity index (χ1) is 7.70. The summed E-state index contributed by atoms with van der Waals surface area (Å²) in [7, 11) is 1.89. The van der Waals surface area contributed by atoms with Crippen molar-refractivity contribution in [2.75, 3.05) is 20.1 Å². The normalized spacial score (nSPS) is 20.1. The minimum atomic E-state index is -0.366. The smallest absolute Gasteiger partial charge is 0.254 e. The van der Waals surface area contributed by atoms with Crippen molar-refractivity contribution < 1.29 is 9.18 Å². The van der Waals surface area contributed by atoms with Crippen LogP contribution >= 0.6 is 0 Å². The molecule has 1 aromatic carbocycles. The van der Waals surface area contributed by atoms with Gasteiger partial charge in [0.1, 0.15) is 5.82 Å². The molecule has 1 aliphatic heterocycles. The molecule has 0 unspecified atom stereocenters. The van der Waals surface area contributed by atoms with Crippen LogP contribution in [0.4, 0.5) is 4.39 Å². The summed E-state index contributed by atoms with van der Waals surface area (Å²) >= 11 is 0. The lowest BCUT2D eigenvalue weighted by Crippen LogP contribution is -2.33. The van der Waals surface area contributed by atoms with Crippen molar-refractivity contribution in [3.63, 3.8) is 0 Å². The number of carbonyl (C=O) groups is 1. The Morgan fingerprint density at radius 2 is 2.38 bits per heavy atom. The number of halogens is 1. The lowest BCUT2D eigenvalue weighted by atomic mass is 10.2. The maximum absolute atomic E-state index is 13.0. The van der Waals surface area contributed by atoms with Gasteiger partial charge in [-0.05, 0) is 31.7 Å². The molecule has 0 aromatic heterocycles. The van der Waals surface area contributed by atoms with E-state index in [2.05, 4.69) is 5.32 Å². The fraction of sp³-hybridized carbons (Fsp3) is 0.417. The molecule has 1 amide bonds. The second-order valence-corrected chi connectivity index (χ2v) is 4.04. The summed E-state index contributed by atoms with van der Waals surface area (Å²) in [6.45, 7) is 1.44. The Balaban J connectivity index is 2.08. The summed E-state index contributed by atoms with van der Waals surface area (Å²) < 4.78 is 13.0. The molecule has 16 heavy (non-hydrogen) atoms. The van der Waals surface area contributed by atoms with E-state index >= 15 is 0 Å². The Bertz CT molecular complexity index is 394. The van der Waals surface area contributed by atoms with E-state index in [1.54, 1.807) is 17.0 Å². The number of amides is 1. The molecule has 0 radical (unpaired) electrons. The molecule has 0 saturated carbocycles. The van der Waals surface area contributed by atoms with Gasteiger partial charge in [-0.15, -0.1) is 0 Å². The first-order valence-corrected chi connectivity index (χ1v) is 5.43. The van der Waals surface area contributed by atoms with Crippen LogP contribution in [0.1, 0.15) is 16.8 Å². The number of likely N-dealkylation sites (N-methyl/N-ethyl adjacent to an activating group) is 1. The van der Waals surface area contributed by atoms with Crippen LogP contribution in [0.25, 0.3) is 0 Å². The number of carbonyl (C=O) groups excluding carboxylic acids is 1. The number of hydrogen-bond acceptors (Lipinski definition) is 2. The van der Waals surface area contributed by atoms with Crippen LogP contribution in [0, 0.1) is 5.82 Å². The first-order valence-electron chi connectivity index (χ1n) is 5.43. The van der Waals surface area contributed by atoms with Crippen LogP contribution < -0.4 is 5.32 Å². The highest BCUT2D eigenvalue weighted by Crippen LogP contribution is 2.14. The molecular formula is C12H15FN2O.